The highest BCUT2D eigenvalue weighted by Gasteiger charge is 2.06. The molecule has 8 heteroatoms. The van der Waals surface area contributed by atoms with Gasteiger partial charge in [0.15, 0.2) is 6.39 Å². The van der Waals surface area contributed by atoms with Crippen LogP contribution in [-0.2, 0) is 32.0 Å². The van der Waals surface area contributed by atoms with Gasteiger partial charge in [-0.1, -0.05) is 92.2 Å². The fourth-order valence-electron chi connectivity index (χ4n) is 3.65. The highest BCUT2D eigenvalue weighted by atomic mass is 16.4. The monoisotopic (exact) mass is 550 g/mol. The zero-order valence-electron chi connectivity index (χ0n) is 23.1. The summed E-state index contributed by atoms with van der Waals surface area (Å²) in [6.45, 7) is 6.21. The Hall–Kier alpha value is -5.42. The van der Waals surface area contributed by atoms with Crippen molar-refractivity contribution >= 4 is 33.8 Å². The lowest BCUT2D eigenvalue weighted by atomic mass is 10.1. The smallest absolute Gasteiger partial charge is 0.373 e. The standard InChI is InChI=1S/C15H13NO.C11H10.C5H7NO.2CO2/c1-2-14-10-16-15(17-14)13-8-7-11-5-3-4-6-12(11)9-13;1-9-6-7-10-4-2-3-5-11(10)8-9;1-2-5-3-6-4-7-5;2*2-1-3/h3-10H,2H2,1H3;2-8H,1H3;3-4H,2H2,1H3;;. The molecule has 0 saturated heterocycles. The van der Waals surface area contributed by atoms with Crippen LogP contribution in [0.2, 0.25) is 0 Å². The summed E-state index contributed by atoms with van der Waals surface area (Å²) in [5, 5.41) is 5.09. The summed E-state index contributed by atoms with van der Waals surface area (Å²) < 4.78 is 10.5. The van der Waals surface area contributed by atoms with E-state index in [4.69, 9.17) is 28.0 Å². The third-order valence-corrected chi connectivity index (χ3v) is 5.64. The Kier molecular flexibility index (Phi) is 13.9. The maximum Gasteiger partial charge on any atom is 0.373 e. The molecule has 0 spiro atoms. The molecule has 6 aromatic rings. The number of hydrogen-bond acceptors (Lipinski definition) is 8. The average molecular weight is 551 g/mol. The minimum Gasteiger partial charge on any atom is -0.449 e. The summed E-state index contributed by atoms with van der Waals surface area (Å²) in [6.07, 6.45) is 7.27. The molecular weight excluding hydrogens is 520 g/mol. The van der Waals surface area contributed by atoms with E-state index >= 15 is 0 Å². The molecule has 0 unspecified atom stereocenters. The van der Waals surface area contributed by atoms with E-state index in [1.807, 2.05) is 25.1 Å². The molecule has 0 aliphatic carbocycles. The second kappa shape index (κ2) is 18.0. The summed E-state index contributed by atoms with van der Waals surface area (Å²) in [5.41, 5.74) is 2.35. The number of hydrogen-bond donors (Lipinski definition) is 0. The second-order valence-electron chi connectivity index (χ2n) is 8.39. The summed E-state index contributed by atoms with van der Waals surface area (Å²) in [6, 6.07) is 29.5. The van der Waals surface area contributed by atoms with Gasteiger partial charge < -0.3 is 8.83 Å². The van der Waals surface area contributed by atoms with Crippen LogP contribution in [0.25, 0.3) is 33.0 Å². The highest BCUT2D eigenvalue weighted by Crippen LogP contribution is 2.24. The van der Waals surface area contributed by atoms with Crippen LogP contribution < -0.4 is 0 Å². The van der Waals surface area contributed by atoms with Gasteiger partial charge in [0.25, 0.3) is 0 Å². The van der Waals surface area contributed by atoms with Crippen molar-refractivity contribution < 1.29 is 28.0 Å². The summed E-state index contributed by atoms with van der Waals surface area (Å²) in [4.78, 5) is 40.5. The van der Waals surface area contributed by atoms with E-state index in [0.29, 0.717) is 5.89 Å². The molecule has 0 fully saturated rings. The molecule has 2 heterocycles. The summed E-state index contributed by atoms with van der Waals surface area (Å²) >= 11 is 0. The largest absolute Gasteiger partial charge is 0.449 e. The Labute approximate surface area is 237 Å². The molecule has 0 amide bonds. The number of fused-ring (bicyclic) bond motifs is 2. The molecule has 41 heavy (non-hydrogen) atoms. The topological polar surface area (TPSA) is 120 Å². The van der Waals surface area contributed by atoms with Crippen LogP contribution >= 0.6 is 0 Å². The molecule has 0 aliphatic rings. The van der Waals surface area contributed by atoms with Crippen molar-refractivity contribution in [3.05, 3.63) is 121 Å². The van der Waals surface area contributed by atoms with Crippen molar-refractivity contribution in [2.24, 2.45) is 0 Å². The van der Waals surface area contributed by atoms with Gasteiger partial charge in [-0.25, -0.2) is 9.97 Å². The van der Waals surface area contributed by atoms with Gasteiger partial charge >= 0.3 is 12.3 Å². The first-order valence-electron chi connectivity index (χ1n) is 12.7. The van der Waals surface area contributed by atoms with Crippen LogP contribution in [0.1, 0.15) is 30.9 Å². The molecule has 0 aliphatic heterocycles. The first-order valence-corrected chi connectivity index (χ1v) is 12.7. The van der Waals surface area contributed by atoms with Gasteiger partial charge in [0, 0.05) is 18.4 Å². The first-order chi connectivity index (χ1) is 20.0. The van der Waals surface area contributed by atoms with E-state index in [1.54, 1.807) is 12.4 Å². The van der Waals surface area contributed by atoms with E-state index < -0.39 is 0 Å². The normalized spacial score (nSPS) is 9.24. The fraction of sp³-hybridized carbons (Fsp3) is 0.152. The Morgan fingerprint density at radius 3 is 1.68 bits per heavy atom. The van der Waals surface area contributed by atoms with E-state index in [-0.39, 0.29) is 12.3 Å². The Bertz CT molecular complexity index is 1670. The third kappa shape index (κ3) is 10.7. The summed E-state index contributed by atoms with van der Waals surface area (Å²) in [7, 11) is 0. The lowest BCUT2D eigenvalue weighted by Crippen LogP contribution is -1.78. The lowest BCUT2D eigenvalue weighted by molar-refractivity contribution is -0.193. The van der Waals surface area contributed by atoms with E-state index in [9.17, 15) is 0 Å². The molecule has 0 saturated carbocycles. The molecule has 2 aromatic heterocycles. The van der Waals surface area contributed by atoms with Gasteiger partial charge in [0.1, 0.15) is 11.5 Å². The Morgan fingerprint density at radius 2 is 1.20 bits per heavy atom. The maximum absolute atomic E-state index is 8.12. The van der Waals surface area contributed by atoms with Crippen LogP contribution in [0.4, 0.5) is 0 Å². The number of oxazole rings is 2. The first kappa shape index (κ1) is 31.8. The lowest BCUT2D eigenvalue weighted by Gasteiger charge is -1.99. The zero-order valence-corrected chi connectivity index (χ0v) is 23.1. The van der Waals surface area contributed by atoms with E-state index in [0.717, 1.165) is 29.9 Å². The van der Waals surface area contributed by atoms with Gasteiger partial charge in [-0.2, -0.15) is 19.2 Å². The van der Waals surface area contributed by atoms with Crippen LogP contribution in [0.3, 0.4) is 0 Å². The van der Waals surface area contributed by atoms with Crippen LogP contribution in [0.5, 0.6) is 0 Å². The minimum absolute atomic E-state index is 0.250. The maximum atomic E-state index is 8.12. The summed E-state index contributed by atoms with van der Waals surface area (Å²) in [5.74, 6) is 2.57. The van der Waals surface area contributed by atoms with Gasteiger partial charge in [-0.05, 0) is 40.6 Å². The molecule has 4 aromatic carbocycles. The number of benzene rings is 4. The van der Waals surface area contributed by atoms with Gasteiger partial charge in [-0.15, -0.1) is 0 Å². The third-order valence-electron chi connectivity index (χ3n) is 5.64. The molecule has 208 valence electrons. The van der Waals surface area contributed by atoms with Gasteiger partial charge in [0.2, 0.25) is 5.89 Å². The SMILES string of the molecule is CCc1cnc(-c2ccc3ccccc3c2)o1.CCc1cnco1.Cc1ccc2ccccc2c1.O=C=O.O=C=O. The van der Waals surface area contributed by atoms with Crippen LogP contribution in [0, 0.1) is 6.92 Å². The van der Waals surface area contributed by atoms with Crippen molar-refractivity contribution in [2.45, 2.75) is 33.6 Å². The van der Waals surface area contributed by atoms with Crippen molar-refractivity contribution in [1.29, 1.82) is 0 Å². The number of nitrogens with zero attached hydrogens (tertiary/aromatic N) is 2. The number of aromatic nitrogens is 2. The predicted octanol–water partition coefficient (Wildman–Crippen LogP) is 7.28. The van der Waals surface area contributed by atoms with Crippen molar-refractivity contribution in [3.63, 3.8) is 0 Å². The average Bonchev–Trinajstić information content (AvgIpc) is 3.71. The van der Waals surface area contributed by atoms with E-state index in [1.165, 1.54) is 33.5 Å². The molecule has 0 bridgehead atoms. The molecule has 8 nitrogen and oxygen atoms in total. The van der Waals surface area contributed by atoms with Gasteiger partial charge in [0.05, 0.1) is 12.4 Å². The van der Waals surface area contributed by atoms with Crippen molar-refractivity contribution in [1.82, 2.24) is 9.97 Å². The number of carbonyl (C=O) groups excluding carboxylic acids is 4. The number of rotatable bonds is 3. The Morgan fingerprint density at radius 1 is 0.659 bits per heavy atom. The minimum atomic E-state index is 0.250. The molecule has 0 atom stereocenters. The quantitative estimate of drug-likeness (QED) is 0.225. The molecular formula is C33H30N2O6. The van der Waals surface area contributed by atoms with Crippen LogP contribution in [0.15, 0.2) is 113 Å². The number of aryl methyl sites for hydroxylation is 3. The predicted molar refractivity (Wildman–Crippen MR) is 153 cm³/mol. The molecule has 6 rings (SSSR count). The van der Waals surface area contributed by atoms with Crippen molar-refractivity contribution in [2.75, 3.05) is 0 Å². The van der Waals surface area contributed by atoms with Crippen LogP contribution in [-0.4, -0.2) is 22.3 Å². The molecule has 0 N–H and O–H groups in total. The Balaban J connectivity index is 0.000000210. The zero-order chi connectivity index (χ0) is 29.9. The van der Waals surface area contributed by atoms with E-state index in [2.05, 4.69) is 90.5 Å². The van der Waals surface area contributed by atoms with Crippen molar-refractivity contribution in [3.8, 4) is 11.5 Å². The molecule has 0 radical (unpaired) electrons. The second-order valence-corrected chi connectivity index (χ2v) is 8.39. The fourth-order valence-corrected chi connectivity index (χ4v) is 3.65. The van der Waals surface area contributed by atoms with Gasteiger partial charge in [-0.3, -0.25) is 0 Å². The highest BCUT2D eigenvalue weighted by molar-refractivity contribution is 5.86.